The van der Waals surface area contributed by atoms with Crippen molar-refractivity contribution in [3.05, 3.63) is 75.6 Å². The number of nitrogens with one attached hydrogen (secondary N) is 1. The average molecular weight is 437 g/mol. The standard InChI is InChI=1S/C25H27NO6/c1-5-18-12-19-16(4)11-22(27)31-21(19)13-20(18)32-24(28)23(15(2)3)26-25(29)30-14-17-9-7-6-8-10-17/h6-13,15,23H,5,14H2,1-4H3,(H,26,29)/t23-/m1/s1. The van der Waals surface area contributed by atoms with Crippen molar-refractivity contribution < 1.29 is 23.5 Å². The molecular formula is C25H27NO6. The zero-order valence-electron chi connectivity index (χ0n) is 18.6. The van der Waals surface area contributed by atoms with Gasteiger partial charge in [0, 0.05) is 17.5 Å². The lowest BCUT2D eigenvalue weighted by atomic mass is 10.0. The molecule has 1 aromatic heterocycles. The van der Waals surface area contributed by atoms with Crippen LogP contribution in [0.3, 0.4) is 0 Å². The second kappa shape index (κ2) is 10.1. The van der Waals surface area contributed by atoms with Crippen LogP contribution in [-0.2, 0) is 22.6 Å². The van der Waals surface area contributed by atoms with Crippen LogP contribution in [0.25, 0.3) is 11.0 Å². The number of benzene rings is 2. The summed E-state index contributed by atoms with van der Waals surface area (Å²) in [6.07, 6.45) is -0.101. The van der Waals surface area contributed by atoms with E-state index < -0.39 is 23.7 Å². The van der Waals surface area contributed by atoms with Crippen LogP contribution < -0.4 is 15.7 Å². The molecular weight excluding hydrogens is 410 g/mol. The highest BCUT2D eigenvalue weighted by molar-refractivity contribution is 5.86. The van der Waals surface area contributed by atoms with Gasteiger partial charge in [0.2, 0.25) is 0 Å². The van der Waals surface area contributed by atoms with Gasteiger partial charge in [0.05, 0.1) is 0 Å². The van der Waals surface area contributed by atoms with Crippen LogP contribution in [0.4, 0.5) is 4.79 Å². The molecule has 0 fully saturated rings. The second-order valence-corrected chi connectivity index (χ2v) is 7.91. The Balaban J connectivity index is 1.76. The minimum Gasteiger partial charge on any atom is -0.445 e. The van der Waals surface area contributed by atoms with E-state index in [1.807, 2.05) is 50.2 Å². The molecule has 0 aliphatic rings. The van der Waals surface area contributed by atoms with E-state index in [2.05, 4.69) is 5.32 Å². The Morgan fingerprint density at radius 2 is 1.81 bits per heavy atom. The number of rotatable bonds is 7. The van der Waals surface area contributed by atoms with Crippen molar-refractivity contribution in [3.63, 3.8) is 0 Å². The van der Waals surface area contributed by atoms with E-state index in [9.17, 15) is 14.4 Å². The number of hydrogen-bond donors (Lipinski definition) is 1. The Bertz CT molecular complexity index is 1170. The summed E-state index contributed by atoms with van der Waals surface area (Å²) in [4.78, 5) is 36.9. The van der Waals surface area contributed by atoms with Gasteiger partial charge in [-0.15, -0.1) is 0 Å². The molecule has 0 aliphatic carbocycles. The van der Waals surface area contributed by atoms with Gasteiger partial charge < -0.3 is 19.2 Å². The van der Waals surface area contributed by atoms with Crippen LogP contribution >= 0.6 is 0 Å². The minimum absolute atomic E-state index is 0.0928. The SMILES string of the molecule is CCc1cc2c(C)cc(=O)oc2cc1OC(=O)[C@H](NC(=O)OCc1ccccc1)C(C)C. The summed E-state index contributed by atoms with van der Waals surface area (Å²) >= 11 is 0. The Kier molecular flexibility index (Phi) is 7.30. The van der Waals surface area contributed by atoms with Gasteiger partial charge in [0.15, 0.2) is 0 Å². The lowest BCUT2D eigenvalue weighted by Gasteiger charge is -2.21. The summed E-state index contributed by atoms with van der Waals surface area (Å²) < 4.78 is 16.1. The van der Waals surface area contributed by atoms with Gasteiger partial charge in [-0.1, -0.05) is 51.1 Å². The van der Waals surface area contributed by atoms with Crippen LogP contribution in [0.1, 0.15) is 37.5 Å². The molecule has 7 nitrogen and oxygen atoms in total. The van der Waals surface area contributed by atoms with Crippen LogP contribution in [0.5, 0.6) is 5.75 Å². The summed E-state index contributed by atoms with van der Waals surface area (Å²) in [7, 11) is 0. The van der Waals surface area contributed by atoms with Crippen LogP contribution in [0, 0.1) is 12.8 Å². The molecule has 0 saturated carbocycles. The number of hydrogen-bond acceptors (Lipinski definition) is 6. The number of carbonyl (C=O) groups excluding carboxylic acids is 2. The van der Waals surface area contributed by atoms with Crippen LogP contribution in [-0.4, -0.2) is 18.1 Å². The van der Waals surface area contributed by atoms with Gasteiger partial charge in [0.1, 0.15) is 24.0 Å². The summed E-state index contributed by atoms with van der Waals surface area (Å²) in [5.74, 6) is -0.568. The molecule has 32 heavy (non-hydrogen) atoms. The fraction of sp³-hybridized carbons (Fsp3) is 0.320. The van der Waals surface area contributed by atoms with Gasteiger partial charge in [-0.05, 0) is 42.0 Å². The zero-order chi connectivity index (χ0) is 23.3. The number of alkyl carbamates (subject to hydrolysis) is 1. The first-order chi connectivity index (χ1) is 15.3. The predicted octanol–water partition coefficient (Wildman–Crippen LogP) is 4.52. The average Bonchev–Trinajstić information content (AvgIpc) is 2.76. The summed E-state index contributed by atoms with van der Waals surface area (Å²) in [5.41, 5.74) is 2.28. The molecule has 1 heterocycles. The highest BCUT2D eigenvalue weighted by atomic mass is 16.6. The largest absolute Gasteiger partial charge is 0.445 e. The number of amides is 1. The van der Waals surface area contributed by atoms with E-state index in [0.717, 1.165) is 22.1 Å². The number of aryl methyl sites for hydroxylation is 2. The lowest BCUT2D eigenvalue weighted by molar-refractivity contribution is -0.137. The number of ether oxygens (including phenoxy) is 2. The maximum absolute atomic E-state index is 12.9. The van der Waals surface area contributed by atoms with E-state index in [-0.39, 0.29) is 12.5 Å². The third-order valence-electron chi connectivity index (χ3n) is 5.13. The minimum atomic E-state index is -0.914. The van der Waals surface area contributed by atoms with Crippen molar-refractivity contribution in [1.82, 2.24) is 5.32 Å². The fourth-order valence-corrected chi connectivity index (χ4v) is 3.32. The van der Waals surface area contributed by atoms with Crippen molar-refractivity contribution in [2.24, 2.45) is 5.92 Å². The van der Waals surface area contributed by atoms with Crippen LogP contribution in [0.15, 0.2) is 57.7 Å². The lowest BCUT2D eigenvalue weighted by Crippen LogP contribution is -2.46. The van der Waals surface area contributed by atoms with E-state index >= 15 is 0 Å². The third kappa shape index (κ3) is 5.55. The molecule has 0 saturated heterocycles. The first-order valence-corrected chi connectivity index (χ1v) is 10.5. The molecule has 0 unspecified atom stereocenters. The second-order valence-electron chi connectivity index (χ2n) is 7.91. The molecule has 0 spiro atoms. The Labute approximate surface area is 186 Å². The van der Waals surface area contributed by atoms with Crippen molar-refractivity contribution in [3.8, 4) is 5.75 Å². The molecule has 1 N–H and O–H groups in total. The summed E-state index contributed by atoms with van der Waals surface area (Å²) in [6, 6.07) is 13.2. The number of fused-ring (bicyclic) bond motifs is 1. The monoisotopic (exact) mass is 437 g/mol. The molecule has 168 valence electrons. The molecule has 1 atom stereocenters. The normalized spacial score (nSPS) is 11.9. The molecule has 3 rings (SSSR count). The zero-order valence-corrected chi connectivity index (χ0v) is 18.6. The molecule has 3 aromatic rings. The molecule has 2 aromatic carbocycles. The van der Waals surface area contributed by atoms with Gasteiger partial charge in [-0.25, -0.2) is 14.4 Å². The first kappa shape index (κ1) is 23.1. The van der Waals surface area contributed by atoms with E-state index in [1.165, 1.54) is 6.07 Å². The topological polar surface area (TPSA) is 94.8 Å². The third-order valence-corrected chi connectivity index (χ3v) is 5.13. The summed E-state index contributed by atoms with van der Waals surface area (Å²) in [5, 5.41) is 3.37. The van der Waals surface area contributed by atoms with Crippen molar-refractivity contribution in [2.75, 3.05) is 0 Å². The van der Waals surface area contributed by atoms with Crippen LogP contribution in [0.2, 0.25) is 0 Å². The maximum Gasteiger partial charge on any atom is 0.408 e. The van der Waals surface area contributed by atoms with Gasteiger partial charge in [-0.3, -0.25) is 0 Å². The quantitative estimate of drug-likeness (QED) is 0.332. The maximum atomic E-state index is 12.9. The molecule has 1 amide bonds. The number of esters is 1. The Morgan fingerprint density at radius 1 is 1.09 bits per heavy atom. The molecule has 7 heteroatoms. The van der Waals surface area contributed by atoms with Crippen molar-refractivity contribution >= 4 is 23.0 Å². The molecule has 0 radical (unpaired) electrons. The smallest absolute Gasteiger partial charge is 0.408 e. The van der Waals surface area contributed by atoms with Gasteiger partial charge in [0.25, 0.3) is 0 Å². The Hall–Kier alpha value is -3.61. The van der Waals surface area contributed by atoms with Gasteiger partial charge >= 0.3 is 17.7 Å². The van der Waals surface area contributed by atoms with Crippen molar-refractivity contribution in [1.29, 1.82) is 0 Å². The van der Waals surface area contributed by atoms with E-state index in [4.69, 9.17) is 13.9 Å². The van der Waals surface area contributed by atoms with E-state index in [0.29, 0.717) is 17.8 Å². The summed E-state index contributed by atoms with van der Waals surface area (Å²) in [6.45, 7) is 7.45. The predicted molar refractivity (Wildman–Crippen MR) is 121 cm³/mol. The highest BCUT2D eigenvalue weighted by Crippen LogP contribution is 2.28. The fourth-order valence-electron chi connectivity index (χ4n) is 3.32. The number of carbonyl (C=O) groups is 2. The highest BCUT2D eigenvalue weighted by Gasteiger charge is 2.28. The molecule has 0 bridgehead atoms. The molecule has 0 aliphatic heterocycles. The Morgan fingerprint density at radius 3 is 2.47 bits per heavy atom. The first-order valence-electron chi connectivity index (χ1n) is 10.5. The van der Waals surface area contributed by atoms with E-state index in [1.54, 1.807) is 19.9 Å². The van der Waals surface area contributed by atoms with Crippen molar-refractivity contribution in [2.45, 2.75) is 46.8 Å². The van der Waals surface area contributed by atoms with Gasteiger partial charge in [-0.2, -0.15) is 0 Å².